The predicted molar refractivity (Wildman–Crippen MR) is 64.1 cm³/mol. The molecule has 0 aliphatic carbocycles. The third-order valence-corrected chi connectivity index (χ3v) is 2.31. The van der Waals surface area contributed by atoms with E-state index in [1.54, 1.807) is 7.11 Å². The fourth-order valence-corrected chi connectivity index (χ4v) is 1.81. The lowest BCUT2D eigenvalue weighted by Crippen LogP contribution is -2.39. The Kier molecular flexibility index (Phi) is 8.02. The van der Waals surface area contributed by atoms with E-state index in [1.165, 1.54) is 0 Å². The topological polar surface area (TPSA) is 41.5 Å². The summed E-state index contributed by atoms with van der Waals surface area (Å²) >= 11 is 0. The normalized spacial score (nSPS) is 15.6. The van der Waals surface area contributed by atoms with E-state index in [9.17, 15) is 5.11 Å². The quantitative estimate of drug-likeness (QED) is 0.579. The van der Waals surface area contributed by atoms with Crippen molar-refractivity contribution in [1.29, 1.82) is 0 Å². The first-order valence-corrected chi connectivity index (χ1v) is 5.90. The molecule has 0 radical (unpaired) electrons. The van der Waals surface area contributed by atoms with E-state index in [0.29, 0.717) is 12.5 Å². The van der Waals surface area contributed by atoms with Gasteiger partial charge in [-0.25, -0.2) is 0 Å². The molecule has 0 aromatic heterocycles. The Balaban J connectivity index is 3.40. The molecule has 0 aromatic carbocycles. The molecule has 3 heteroatoms. The maximum absolute atomic E-state index is 10.0. The molecule has 0 fully saturated rings. The Morgan fingerprint density at radius 1 is 1.33 bits per heavy atom. The molecule has 0 aliphatic heterocycles. The van der Waals surface area contributed by atoms with E-state index >= 15 is 0 Å². The van der Waals surface area contributed by atoms with Crippen molar-refractivity contribution in [3.05, 3.63) is 0 Å². The summed E-state index contributed by atoms with van der Waals surface area (Å²) in [7, 11) is 1.72. The Hall–Kier alpha value is -0.120. The van der Waals surface area contributed by atoms with Gasteiger partial charge >= 0.3 is 0 Å². The minimum absolute atomic E-state index is 0.537. The van der Waals surface area contributed by atoms with Gasteiger partial charge in [-0.3, -0.25) is 0 Å². The van der Waals surface area contributed by atoms with E-state index < -0.39 is 5.60 Å². The van der Waals surface area contributed by atoms with Crippen LogP contribution in [0.15, 0.2) is 0 Å². The Morgan fingerprint density at radius 2 is 2.00 bits per heavy atom. The van der Waals surface area contributed by atoms with Crippen molar-refractivity contribution in [2.75, 3.05) is 26.8 Å². The summed E-state index contributed by atoms with van der Waals surface area (Å²) in [5, 5.41) is 13.3. The number of aliphatic hydroxyl groups is 1. The molecule has 0 spiro atoms. The molecule has 0 heterocycles. The van der Waals surface area contributed by atoms with Crippen LogP contribution in [-0.4, -0.2) is 37.5 Å². The number of nitrogens with one attached hydrogen (secondary N) is 1. The average molecular weight is 217 g/mol. The van der Waals surface area contributed by atoms with Crippen LogP contribution in [0, 0.1) is 5.92 Å². The van der Waals surface area contributed by atoms with E-state index in [-0.39, 0.29) is 0 Å². The van der Waals surface area contributed by atoms with Crippen LogP contribution in [0.4, 0.5) is 0 Å². The zero-order chi connectivity index (χ0) is 11.7. The fourth-order valence-electron chi connectivity index (χ4n) is 1.81. The first-order valence-electron chi connectivity index (χ1n) is 5.90. The highest BCUT2D eigenvalue weighted by Crippen LogP contribution is 2.14. The van der Waals surface area contributed by atoms with Gasteiger partial charge in [0.05, 0.1) is 5.60 Å². The van der Waals surface area contributed by atoms with E-state index in [1.807, 2.05) is 6.92 Å². The first kappa shape index (κ1) is 14.9. The highest BCUT2D eigenvalue weighted by atomic mass is 16.5. The van der Waals surface area contributed by atoms with Gasteiger partial charge in [-0.15, -0.1) is 0 Å². The molecule has 0 saturated heterocycles. The average Bonchev–Trinajstić information content (AvgIpc) is 2.08. The highest BCUT2D eigenvalue weighted by Gasteiger charge is 2.20. The molecule has 92 valence electrons. The van der Waals surface area contributed by atoms with Crippen molar-refractivity contribution in [2.45, 2.75) is 45.6 Å². The van der Waals surface area contributed by atoms with Crippen LogP contribution in [0.1, 0.15) is 40.0 Å². The third-order valence-electron chi connectivity index (χ3n) is 2.31. The molecule has 15 heavy (non-hydrogen) atoms. The van der Waals surface area contributed by atoms with Crippen molar-refractivity contribution in [3.8, 4) is 0 Å². The predicted octanol–water partition coefficient (Wildman–Crippen LogP) is 1.80. The van der Waals surface area contributed by atoms with Gasteiger partial charge in [0, 0.05) is 20.3 Å². The highest BCUT2D eigenvalue weighted by molar-refractivity contribution is 4.76. The van der Waals surface area contributed by atoms with Gasteiger partial charge in [0.1, 0.15) is 0 Å². The Morgan fingerprint density at radius 3 is 2.53 bits per heavy atom. The molecule has 0 aliphatic rings. The second kappa shape index (κ2) is 8.08. The van der Waals surface area contributed by atoms with Gasteiger partial charge in [0.2, 0.25) is 0 Å². The van der Waals surface area contributed by atoms with Crippen molar-refractivity contribution < 1.29 is 9.84 Å². The summed E-state index contributed by atoms with van der Waals surface area (Å²) < 4.78 is 4.96. The molecular weight excluding hydrogens is 190 g/mol. The van der Waals surface area contributed by atoms with Crippen molar-refractivity contribution in [2.24, 2.45) is 5.92 Å². The number of rotatable bonds is 9. The van der Waals surface area contributed by atoms with Gasteiger partial charge in [-0.05, 0) is 38.6 Å². The van der Waals surface area contributed by atoms with Crippen LogP contribution in [-0.2, 0) is 4.74 Å². The van der Waals surface area contributed by atoms with Crippen LogP contribution in [0.3, 0.4) is 0 Å². The standard InChI is InChI=1S/C12H27NO2/c1-11(2)9-12(3,14)10-13-7-5-6-8-15-4/h11,13-14H,5-10H2,1-4H3. The van der Waals surface area contributed by atoms with Crippen LogP contribution < -0.4 is 5.32 Å². The minimum atomic E-state index is -0.574. The molecule has 0 aromatic rings. The van der Waals surface area contributed by atoms with Gasteiger partial charge in [-0.2, -0.15) is 0 Å². The van der Waals surface area contributed by atoms with Gasteiger partial charge in [-0.1, -0.05) is 13.8 Å². The number of methoxy groups -OCH3 is 1. The van der Waals surface area contributed by atoms with E-state index in [0.717, 1.165) is 32.4 Å². The van der Waals surface area contributed by atoms with Crippen molar-refractivity contribution in [3.63, 3.8) is 0 Å². The molecule has 1 unspecified atom stereocenters. The summed E-state index contributed by atoms with van der Waals surface area (Å²) in [6.45, 7) is 8.62. The van der Waals surface area contributed by atoms with Crippen LogP contribution in [0.25, 0.3) is 0 Å². The van der Waals surface area contributed by atoms with E-state index in [4.69, 9.17) is 4.74 Å². The maximum Gasteiger partial charge on any atom is 0.0746 e. The lowest BCUT2D eigenvalue weighted by atomic mass is 9.94. The number of hydrogen-bond acceptors (Lipinski definition) is 3. The zero-order valence-corrected chi connectivity index (χ0v) is 10.7. The second-order valence-electron chi connectivity index (χ2n) is 4.97. The molecule has 0 saturated carbocycles. The van der Waals surface area contributed by atoms with Crippen molar-refractivity contribution >= 4 is 0 Å². The number of unbranched alkanes of at least 4 members (excludes halogenated alkanes) is 1. The summed E-state index contributed by atoms with van der Waals surface area (Å²) in [6, 6.07) is 0. The summed E-state index contributed by atoms with van der Waals surface area (Å²) in [6.07, 6.45) is 3.03. The molecule has 0 amide bonds. The monoisotopic (exact) mass is 217 g/mol. The maximum atomic E-state index is 10.0. The Bertz CT molecular complexity index is 147. The summed E-state index contributed by atoms with van der Waals surface area (Å²) in [5.41, 5.74) is -0.574. The summed E-state index contributed by atoms with van der Waals surface area (Å²) in [4.78, 5) is 0. The van der Waals surface area contributed by atoms with Gasteiger partial charge in [0.25, 0.3) is 0 Å². The first-order chi connectivity index (χ1) is 6.98. The Labute approximate surface area is 94.2 Å². The molecular formula is C12H27NO2. The molecule has 0 bridgehead atoms. The van der Waals surface area contributed by atoms with Crippen molar-refractivity contribution in [1.82, 2.24) is 5.32 Å². The fraction of sp³-hybridized carbons (Fsp3) is 1.00. The lowest BCUT2D eigenvalue weighted by Gasteiger charge is -2.25. The minimum Gasteiger partial charge on any atom is -0.389 e. The largest absolute Gasteiger partial charge is 0.389 e. The second-order valence-corrected chi connectivity index (χ2v) is 4.97. The molecule has 0 rings (SSSR count). The number of ether oxygens (including phenoxy) is 1. The lowest BCUT2D eigenvalue weighted by molar-refractivity contribution is 0.0386. The third kappa shape index (κ3) is 10.2. The molecule has 2 N–H and O–H groups in total. The summed E-state index contributed by atoms with van der Waals surface area (Å²) in [5.74, 6) is 0.537. The number of hydrogen-bond donors (Lipinski definition) is 2. The smallest absolute Gasteiger partial charge is 0.0746 e. The van der Waals surface area contributed by atoms with Crippen LogP contribution >= 0.6 is 0 Å². The van der Waals surface area contributed by atoms with Gasteiger partial charge < -0.3 is 15.2 Å². The van der Waals surface area contributed by atoms with Crippen LogP contribution in [0.2, 0.25) is 0 Å². The van der Waals surface area contributed by atoms with Gasteiger partial charge in [0.15, 0.2) is 0 Å². The van der Waals surface area contributed by atoms with Crippen LogP contribution in [0.5, 0.6) is 0 Å². The molecule has 3 nitrogen and oxygen atoms in total. The zero-order valence-electron chi connectivity index (χ0n) is 10.7. The SMILES string of the molecule is COCCCCNCC(C)(O)CC(C)C. The van der Waals surface area contributed by atoms with E-state index in [2.05, 4.69) is 19.2 Å². The molecule has 1 atom stereocenters.